The summed E-state index contributed by atoms with van der Waals surface area (Å²) in [7, 11) is 3.05. The number of benzene rings is 1. The van der Waals surface area contributed by atoms with Gasteiger partial charge in [-0.25, -0.2) is 9.59 Å². The molecule has 1 fully saturated rings. The van der Waals surface area contributed by atoms with Crippen molar-refractivity contribution in [3.8, 4) is 11.5 Å². The van der Waals surface area contributed by atoms with Crippen LogP contribution < -0.4 is 20.1 Å². The van der Waals surface area contributed by atoms with E-state index in [0.29, 0.717) is 17.1 Å². The Morgan fingerprint density at radius 3 is 2.54 bits per heavy atom. The van der Waals surface area contributed by atoms with E-state index in [4.69, 9.17) is 14.2 Å². The first-order chi connectivity index (χ1) is 13.5. The molecule has 0 aliphatic heterocycles. The quantitative estimate of drug-likeness (QED) is 0.547. The lowest BCUT2D eigenvalue weighted by Crippen LogP contribution is -2.46. The summed E-state index contributed by atoms with van der Waals surface area (Å²) in [5, 5.41) is 4.92. The van der Waals surface area contributed by atoms with E-state index in [1.165, 1.54) is 32.8 Å². The van der Waals surface area contributed by atoms with Crippen molar-refractivity contribution in [2.24, 2.45) is 0 Å². The van der Waals surface area contributed by atoms with Crippen LogP contribution in [0.1, 0.15) is 37.7 Å². The van der Waals surface area contributed by atoms with Crippen LogP contribution in [0.2, 0.25) is 0 Å². The third-order valence-corrected chi connectivity index (χ3v) is 4.37. The predicted molar refractivity (Wildman–Crippen MR) is 103 cm³/mol. The molecule has 2 N–H and O–H groups in total. The molecule has 1 aromatic carbocycles. The number of amides is 3. The second-order valence-electron chi connectivity index (χ2n) is 6.41. The third kappa shape index (κ3) is 6.94. The number of ether oxygens (including phenoxy) is 3. The van der Waals surface area contributed by atoms with Crippen LogP contribution in [0.4, 0.5) is 4.79 Å². The molecule has 0 atom stereocenters. The van der Waals surface area contributed by atoms with Crippen molar-refractivity contribution in [3.63, 3.8) is 0 Å². The zero-order chi connectivity index (χ0) is 20.4. The SMILES string of the molecule is COc1ccc(OC)c(/C=C/C(=O)OCC(=O)NC(=O)NC2CCCCC2)c1. The Labute approximate surface area is 164 Å². The summed E-state index contributed by atoms with van der Waals surface area (Å²) in [6, 6.07) is 4.67. The molecule has 0 radical (unpaired) electrons. The Hall–Kier alpha value is -3.03. The Morgan fingerprint density at radius 2 is 1.86 bits per heavy atom. The molecule has 1 aliphatic rings. The topological polar surface area (TPSA) is 103 Å². The molecule has 28 heavy (non-hydrogen) atoms. The van der Waals surface area contributed by atoms with Gasteiger partial charge in [-0.2, -0.15) is 0 Å². The minimum atomic E-state index is -0.715. The second kappa shape index (κ2) is 11.0. The number of carbonyl (C=O) groups is 3. The Bertz CT molecular complexity index is 725. The van der Waals surface area contributed by atoms with Gasteiger partial charge in [0.15, 0.2) is 6.61 Å². The Balaban J connectivity index is 1.77. The van der Waals surface area contributed by atoms with E-state index in [1.54, 1.807) is 18.2 Å². The normalized spacial score (nSPS) is 14.4. The van der Waals surface area contributed by atoms with E-state index in [9.17, 15) is 14.4 Å². The Morgan fingerprint density at radius 1 is 1.11 bits per heavy atom. The van der Waals surface area contributed by atoms with Crippen LogP contribution in [-0.4, -0.2) is 44.8 Å². The predicted octanol–water partition coefficient (Wildman–Crippen LogP) is 2.42. The molecule has 8 heteroatoms. The van der Waals surface area contributed by atoms with Gasteiger partial charge in [0.2, 0.25) is 0 Å². The first-order valence-electron chi connectivity index (χ1n) is 9.19. The molecule has 1 aliphatic carbocycles. The van der Waals surface area contributed by atoms with E-state index in [2.05, 4.69) is 10.6 Å². The molecule has 152 valence electrons. The van der Waals surface area contributed by atoms with Gasteiger partial charge in [-0.15, -0.1) is 0 Å². The molecule has 1 aromatic rings. The molecule has 2 rings (SSSR count). The first kappa shape index (κ1) is 21.3. The molecular formula is C20H26N2O6. The molecular weight excluding hydrogens is 364 g/mol. The van der Waals surface area contributed by atoms with E-state index in [-0.39, 0.29) is 6.04 Å². The number of urea groups is 1. The molecule has 0 bridgehead atoms. The standard InChI is InChI=1S/C20H26N2O6/c1-26-16-9-10-17(27-2)14(12-16)8-11-19(24)28-13-18(23)22-20(25)21-15-6-4-3-5-7-15/h8-12,15H,3-7,13H2,1-2H3,(H2,21,22,23,25)/b11-8+. The van der Waals surface area contributed by atoms with Crippen molar-refractivity contribution < 1.29 is 28.6 Å². The highest BCUT2D eigenvalue weighted by Gasteiger charge is 2.17. The van der Waals surface area contributed by atoms with E-state index < -0.39 is 24.5 Å². The van der Waals surface area contributed by atoms with Gasteiger partial charge in [0.1, 0.15) is 11.5 Å². The summed E-state index contributed by atoms with van der Waals surface area (Å²) in [6.45, 7) is -0.545. The smallest absolute Gasteiger partial charge is 0.331 e. The maximum Gasteiger partial charge on any atom is 0.331 e. The summed E-state index contributed by atoms with van der Waals surface area (Å²) in [4.78, 5) is 35.3. The number of hydrogen-bond acceptors (Lipinski definition) is 6. The van der Waals surface area contributed by atoms with Crippen LogP contribution in [0.3, 0.4) is 0 Å². The number of nitrogens with one attached hydrogen (secondary N) is 2. The fourth-order valence-electron chi connectivity index (χ4n) is 2.94. The van der Waals surface area contributed by atoms with Gasteiger partial charge in [0, 0.05) is 17.7 Å². The molecule has 0 spiro atoms. The van der Waals surface area contributed by atoms with Gasteiger partial charge < -0.3 is 19.5 Å². The monoisotopic (exact) mass is 390 g/mol. The van der Waals surface area contributed by atoms with Crippen LogP contribution in [0.25, 0.3) is 6.08 Å². The van der Waals surface area contributed by atoms with Crippen molar-refractivity contribution in [3.05, 3.63) is 29.8 Å². The highest BCUT2D eigenvalue weighted by atomic mass is 16.5. The van der Waals surface area contributed by atoms with E-state index in [1.807, 2.05) is 0 Å². The van der Waals surface area contributed by atoms with Crippen LogP contribution in [0.15, 0.2) is 24.3 Å². The molecule has 0 heterocycles. The number of hydrogen-bond donors (Lipinski definition) is 2. The fourth-order valence-corrected chi connectivity index (χ4v) is 2.94. The minimum Gasteiger partial charge on any atom is -0.497 e. The average Bonchev–Trinajstić information content (AvgIpc) is 2.71. The highest BCUT2D eigenvalue weighted by Crippen LogP contribution is 2.25. The van der Waals surface area contributed by atoms with Crippen molar-refractivity contribution in [1.29, 1.82) is 0 Å². The van der Waals surface area contributed by atoms with E-state index in [0.717, 1.165) is 25.7 Å². The zero-order valence-electron chi connectivity index (χ0n) is 16.2. The van der Waals surface area contributed by atoms with Crippen LogP contribution in [0, 0.1) is 0 Å². The summed E-state index contributed by atoms with van der Waals surface area (Å²) in [6.07, 6.45) is 7.81. The van der Waals surface area contributed by atoms with Gasteiger partial charge in [-0.3, -0.25) is 10.1 Å². The third-order valence-electron chi connectivity index (χ3n) is 4.37. The number of methoxy groups -OCH3 is 2. The molecule has 1 saturated carbocycles. The van der Waals surface area contributed by atoms with Crippen LogP contribution >= 0.6 is 0 Å². The first-order valence-corrected chi connectivity index (χ1v) is 9.19. The number of esters is 1. The fraction of sp³-hybridized carbons (Fsp3) is 0.450. The summed E-state index contributed by atoms with van der Waals surface area (Å²) in [5.41, 5.74) is 0.620. The van der Waals surface area contributed by atoms with Crippen molar-refractivity contribution in [2.75, 3.05) is 20.8 Å². The number of carbonyl (C=O) groups excluding carboxylic acids is 3. The average molecular weight is 390 g/mol. The molecule has 8 nitrogen and oxygen atoms in total. The summed E-state index contributed by atoms with van der Waals surface area (Å²) in [5.74, 6) is -0.235. The van der Waals surface area contributed by atoms with Crippen molar-refractivity contribution >= 4 is 24.0 Å². The zero-order valence-corrected chi connectivity index (χ0v) is 16.2. The summed E-state index contributed by atoms with van der Waals surface area (Å²) >= 11 is 0. The second-order valence-corrected chi connectivity index (χ2v) is 6.41. The molecule has 3 amide bonds. The maximum absolute atomic E-state index is 11.8. The van der Waals surface area contributed by atoms with Crippen LogP contribution in [-0.2, 0) is 14.3 Å². The maximum atomic E-state index is 11.8. The lowest BCUT2D eigenvalue weighted by molar-refractivity contribution is -0.143. The summed E-state index contributed by atoms with van der Waals surface area (Å²) < 4.78 is 15.2. The van der Waals surface area contributed by atoms with Crippen LogP contribution in [0.5, 0.6) is 11.5 Å². The minimum absolute atomic E-state index is 0.0878. The number of imide groups is 1. The Kier molecular flexibility index (Phi) is 8.33. The molecule has 0 aromatic heterocycles. The van der Waals surface area contributed by atoms with Gasteiger partial charge in [0.05, 0.1) is 14.2 Å². The largest absolute Gasteiger partial charge is 0.497 e. The van der Waals surface area contributed by atoms with Crippen molar-refractivity contribution in [1.82, 2.24) is 10.6 Å². The van der Waals surface area contributed by atoms with E-state index >= 15 is 0 Å². The lowest BCUT2D eigenvalue weighted by atomic mass is 9.96. The van der Waals surface area contributed by atoms with Gasteiger partial charge >= 0.3 is 12.0 Å². The molecule has 0 unspecified atom stereocenters. The van der Waals surface area contributed by atoms with Crippen molar-refractivity contribution in [2.45, 2.75) is 38.1 Å². The van der Waals surface area contributed by atoms with Gasteiger partial charge in [0.25, 0.3) is 5.91 Å². The van der Waals surface area contributed by atoms with Gasteiger partial charge in [-0.1, -0.05) is 19.3 Å². The lowest BCUT2D eigenvalue weighted by Gasteiger charge is -2.22. The highest BCUT2D eigenvalue weighted by molar-refractivity contribution is 5.96. The molecule has 0 saturated heterocycles. The number of rotatable bonds is 7. The van der Waals surface area contributed by atoms with Gasteiger partial charge in [-0.05, 0) is 37.1 Å².